The summed E-state index contributed by atoms with van der Waals surface area (Å²) in [4.78, 5) is 119. The van der Waals surface area contributed by atoms with Crippen LogP contribution in [0, 0.1) is 36.0 Å². The summed E-state index contributed by atoms with van der Waals surface area (Å²) in [5.74, 6) is -3.93. The minimum atomic E-state index is -1.16. The van der Waals surface area contributed by atoms with Crippen molar-refractivity contribution in [3.63, 3.8) is 0 Å². The summed E-state index contributed by atoms with van der Waals surface area (Å²) in [6.45, 7) is 16.9. The van der Waals surface area contributed by atoms with Crippen molar-refractivity contribution < 1.29 is 130 Å². The number of carboxylic acid groups (broad SMARTS) is 2. The predicted molar refractivity (Wildman–Crippen MR) is 318 cm³/mol. The number of ether oxygens (including phenoxy) is 4. The van der Waals surface area contributed by atoms with Crippen LogP contribution < -0.4 is 73.1 Å². The van der Waals surface area contributed by atoms with Crippen molar-refractivity contribution in [1.29, 1.82) is 0 Å². The third kappa shape index (κ3) is 56.5. The number of primary amides is 1. The van der Waals surface area contributed by atoms with Crippen LogP contribution in [0.15, 0.2) is 0 Å². The van der Waals surface area contributed by atoms with Crippen LogP contribution in [0.2, 0.25) is 0 Å². The number of nitrogens with one attached hydrogen (secondary N) is 3. The molecule has 4 atom stereocenters. The number of ketones is 3. The van der Waals surface area contributed by atoms with E-state index in [0.717, 1.165) is 57.8 Å². The first-order chi connectivity index (χ1) is 39.0. The fraction of sp³-hybridized carbons (Fsp3) is 0.823. The van der Waals surface area contributed by atoms with Crippen LogP contribution >= 0.6 is 0 Å². The molecule has 0 saturated heterocycles. The molecule has 0 aliphatic heterocycles. The Hall–Kier alpha value is -3.02. The van der Waals surface area contributed by atoms with Crippen LogP contribution in [0.3, 0.4) is 0 Å². The van der Waals surface area contributed by atoms with E-state index in [1.807, 2.05) is 47.8 Å². The Morgan fingerprint density at radius 3 is 1.55 bits per heavy atom. The van der Waals surface area contributed by atoms with E-state index in [-0.39, 0.29) is 197 Å². The maximum absolute atomic E-state index is 13.1. The number of carboxylic acids is 2. The van der Waals surface area contributed by atoms with Gasteiger partial charge in [0.15, 0.2) is 5.91 Å². The zero-order valence-electron chi connectivity index (χ0n) is 52.4. The van der Waals surface area contributed by atoms with Gasteiger partial charge in [-0.05, 0) is 50.9 Å². The predicted octanol–water partition coefficient (Wildman–Crippen LogP) is 6.20. The fourth-order valence-electron chi connectivity index (χ4n) is 8.54. The van der Waals surface area contributed by atoms with E-state index in [2.05, 4.69) is 22.9 Å². The number of carbonyl (C=O) groups is 9. The minimum Gasteiger partial charge on any atom is -0.541 e. The zero-order chi connectivity index (χ0) is 61.8. The fourth-order valence-corrected chi connectivity index (χ4v) is 8.54. The second kappa shape index (κ2) is 56.8. The largest absolute Gasteiger partial charge is 1.00 e. The smallest absolute Gasteiger partial charge is 0.541 e. The summed E-state index contributed by atoms with van der Waals surface area (Å²) in [5, 5.41) is 26.3. The summed E-state index contributed by atoms with van der Waals surface area (Å²) < 4.78 is 21.6. The van der Waals surface area contributed by atoms with E-state index in [1.165, 1.54) is 44.9 Å². The van der Waals surface area contributed by atoms with Crippen LogP contribution in [-0.2, 0) is 66.9 Å². The van der Waals surface area contributed by atoms with Gasteiger partial charge in [-0.1, -0.05) is 157 Å². The standard InChI is InChI=1S/C55H96N3O15.C7H14NO.K.H2/c1-5-6-24-44(41-59)39-48(61)45(40-49(62)55(2,3)4)25-21-22-31-56-51(64)42-73-38-36-71-34-32-57-52(65)43-72-37-35-70-33-23-26-46(60)29-30-47(54(68)69)58-50(63)27-19-17-15-13-11-9-7-8-10-12-14-16-18-20-28-53(66)67;1-5(2)4-6(3)7(8)9;;/h44-45,47H,5-40,42-43H2,1-4H3,(H,56,64)(H,57,65)(H,58,63)(H,66,67)(H,68,69);5-6H,3-4H2,1-2H3,(H2,8,9);;1H/q2*-1;+1;/t44-,45-,47?;6-;;/m10../s1. The van der Waals surface area contributed by atoms with E-state index in [4.69, 9.17) is 29.8 Å². The molecule has 83 heavy (non-hydrogen) atoms. The van der Waals surface area contributed by atoms with E-state index in [1.54, 1.807) is 0 Å². The van der Waals surface area contributed by atoms with Crippen molar-refractivity contribution >= 4 is 59.2 Å². The average molecular weight is 1210 g/mol. The normalized spacial score (nSPS) is 12.6. The molecule has 0 aromatic carbocycles. The average Bonchev–Trinajstić information content (AvgIpc) is 3.51. The third-order valence-electron chi connectivity index (χ3n) is 13.6. The third-order valence-corrected chi connectivity index (χ3v) is 13.6. The molecule has 0 aliphatic rings. The summed E-state index contributed by atoms with van der Waals surface area (Å²) in [5.41, 5.74) is 4.42. The first-order valence-electron chi connectivity index (χ1n) is 30.7. The van der Waals surface area contributed by atoms with Gasteiger partial charge in [-0.3, -0.25) is 44.6 Å². The quantitative estimate of drug-likeness (QED) is 0.0224. The number of rotatable bonds is 56. The number of amides is 4. The Balaban J connectivity index is -0.00000266. The first kappa shape index (κ1) is 84.2. The molecule has 0 bridgehead atoms. The van der Waals surface area contributed by atoms with Gasteiger partial charge in [0.25, 0.3) is 0 Å². The number of hydrogen-bond acceptors (Lipinski definition) is 14. The van der Waals surface area contributed by atoms with Crippen LogP contribution in [0.4, 0.5) is 0 Å². The van der Waals surface area contributed by atoms with Crippen LogP contribution in [0.5, 0.6) is 0 Å². The minimum absolute atomic E-state index is 0. The maximum atomic E-state index is 13.1. The molecule has 4 amide bonds. The molecular weight excluding hydrogens is 1100 g/mol. The first-order valence-corrected chi connectivity index (χ1v) is 30.7. The summed E-state index contributed by atoms with van der Waals surface area (Å²) >= 11 is 0. The van der Waals surface area contributed by atoms with Crippen molar-refractivity contribution in [2.24, 2.45) is 34.8 Å². The number of aliphatic carboxylic acids is 2. The molecule has 7 N–H and O–H groups in total. The second-order valence-electron chi connectivity index (χ2n) is 22.9. The molecule has 0 radical (unpaired) electrons. The van der Waals surface area contributed by atoms with Crippen molar-refractivity contribution in [2.75, 3.05) is 65.9 Å². The molecule has 0 heterocycles. The summed E-state index contributed by atoms with van der Waals surface area (Å²) in [6, 6.07) is -1.11. The van der Waals surface area contributed by atoms with Crippen molar-refractivity contribution in [2.45, 2.75) is 234 Å². The van der Waals surface area contributed by atoms with Gasteiger partial charge in [-0.25, -0.2) is 4.79 Å². The van der Waals surface area contributed by atoms with Gasteiger partial charge >= 0.3 is 63.3 Å². The Morgan fingerprint density at radius 2 is 1.08 bits per heavy atom. The van der Waals surface area contributed by atoms with Crippen LogP contribution in [-0.4, -0.2) is 141 Å². The molecule has 478 valence electrons. The summed E-state index contributed by atoms with van der Waals surface area (Å²) in [6.07, 6.45) is 23.4. The molecule has 0 aromatic heterocycles. The summed E-state index contributed by atoms with van der Waals surface area (Å²) in [7, 11) is 0. The number of hydrogen-bond donors (Lipinski definition) is 6. The van der Waals surface area contributed by atoms with Gasteiger partial charge in [0.1, 0.15) is 36.6 Å². The molecule has 20 nitrogen and oxygen atoms in total. The number of unbranched alkanes of at least 4 members (excludes halogenated alkanes) is 15. The molecule has 0 aromatic rings. The molecule has 0 saturated carbocycles. The molecule has 0 aliphatic carbocycles. The molecule has 1 unspecified atom stereocenters. The van der Waals surface area contributed by atoms with Gasteiger partial charge in [0, 0.05) is 64.6 Å². The van der Waals surface area contributed by atoms with Gasteiger partial charge in [-0.2, -0.15) is 0 Å². The molecule has 21 heteroatoms. The molecule has 0 spiro atoms. The molecule has 0 fully saturated rings. The van der Waals surface area contributed by atoms with E-state index in [0.29, 0.717) is 57.6 Å². The zero-order valence-corrected chi connectivity index (χ0v) is 55.5. The van der Waals surface area contributed by atoms with Gasteiger partial charge in [0.2, 0.25) is 17.7 Å². The number of Topliss-reactive ketones (excluding diaryl/α,β-unsaturated/α-hetero) is 3. The second-order valence-corrected chi connectivity index (χ2v) is 22.9. The van der Waals surface area contributed by atoms with Crippen molar-refractivity contribution in [1.82, 2.24) is 16.0 Å². The number of nitrogens with two attached hydrogens (primary N) is 1. The monoisotopic (exact) mass is 1210 g/mol. The SMILES string of the molecule is CCCC[C@@H]([C-]=O)CC(=O)[C@H](CCCCNC(=O)COCCOCCNC(=O)COCCOCCCC(=O)CCC(NC(=O)CCCCCCCCCCCCCCCCC(=O)O)C(=O)O)CC(=O)C(C)(C)C.[CH2-][C@@H](CC(C)C)C(N)=O.[HH].[K+]. The Morgan fingerprint density at radius 1 is 0.578 bits per heavy atom. The van der Waals surface area contributed by atoms with Crippen molar-refractivity contribution in [3.05, 3.63) is 6.92 Å². The van der Waals surface area contributed by atoms with E-state index < -0.39 is 35.2 Å². The van der Waals surface area contributed by atoms with Gasteiger partial charge < -0.3 is 62.6 Å². The van der Waals surface area contributed by atoms with E-state index >= 15 is 0 Å². The van der Waals surface area contributed by atoms with Crippen LogP contribution in [0.1, 0.15) is 229 Å². The van der Waals surface area contributed by atoms with Gasteiger partial charge in [-0.15, -0.1) is 5.92 Å². The number of carbonyl (C=O) groups excluding carboxylic acids is 8. The Labute approximate surface area is 542 Å². The Kier molecular flexibility index (Phi) is 57.6. The Bertz CT molecular complexity index is 1770. The molecular formula is C62H112KN4O16-. The van der Waals surface area contributed by atoms with Crippen molar-refractivity contribution in [3.8, 4) is 0 Å². The van der Waals surface area contributed by atoms with Gasteiger partial charge in [0.05, 0.1) is 33.0 Å². The van der Waals surface area contributed by atoms with E-state index in [9.17, 15) is 53.1 Å². The molecule has 0 rings (SSSR count). The van der Waals surface area contributed by atoms with Crippen LogP contribution in [0.25, 0.3) is 0 Å². The topological polar surface area (TPSA) is 310 Å². The maximum Gasteiger partial charge on any atom is 1.00 e.